The zero-order valence-electron chi connectivity index (χ0n) is 12.0. The number of benzene rings is 1. The van der Waals surface area contributed by atoms with E-state index in [0.717, 1.165) is 6.42 Å². The fourth-order valence-electron chi connectivity index (χ4n) is 2.50. The monoisotopic (exact) mass is 279 g/mol. The molecule has 0 aliphatic carbocycles. The lowest BCUT2D eigenvalue weighted by Gasteiger charge is -2.34. The van der Waals surface area contributed by atoms with Crippen LogP contribution in [0.5, 0.6) is 0 Å². The van der Waals surface area contributed by atoms with Gasteiger partial charge in [0.05, 0.1) is 17.6 Å². The van der Waals surface area contributed by atoms with Crippen molar-refractivity contribution in [1.29, 1.82) is 0 Å². The Hall–Kier alpha value is -1.82. The second-order valence-electron chi connectivity index (χ2n) is 4.81. The molecule has 1 aliphatic rings. The summed E-state index contributed by atoms with van der Waals surface area (Å²) in [6.45, 7) is 6.65. The predicted octanol–water partition coefficient (Wildman–Crippen LogP) is 2.64. The van der Waals surface area contributed by atoms with E-state index in [1.54, 1.807) is 6.07 Å². The fourth-order valence-corrected chi connectivity index (χ4v) is 2.50. The molecule has 0 bridgehead atoms. The number of nitro groups is 1. The molecule has 20 heavy (non-hydrogen) atoms. The van der Waals surface area contributed by atoms with E-state index in [0.29, 0.717) is 37.6 Å². The quantitative estimate of drug-likeness (QED) is 0.663. The normalized spacial score (nSPS) is 18.9. The number of nitro benzene ring substituents is 1. The molecule has 110 valence electrons. The molecule has 6 nitrogen and oxygen atoms in total. The lowest BCUT2D eigenvalue weighted by Crippen LogP contribution is -2.42. The van der Waals surface area contributed by atoms with Gasteiger partial charge in [-0.2, -0.15) is 0 Å². The van der Waals surface area contributed by atoms with Crippen molar-refractivity contribution in [1.82, 2.24) is 0 Å². The standard InChI is InChI=1S/C14H21N3O3/c1-3-11-10-16(8-9-20-11)13-7-5-6-12(15-4-2)14(13)17(18)19/h5-7,11,15H,3-4,8-10H2,1-2H3. The number of nitrogens with zero attached hydrogens (tertiary/aromatic N) is 2. The highest BCUT2D eigenvalue weighted by Gasteiger charge is 2.27. The van der Waals surface area contributed by atoms with Gasteiger partial charge in [0.1, 0.15) is 11.4 Å². The van der Waals surface area contributed by atoms with Gasteiger partial charge in [0, 0.05) is 19.6 Å². The summed E-state index contributed by atoms with van der Waals surface area (Å²) < 4.78 is 5.63. The summed E-state index contributed by atoms with van der Waals surface area (Å²) in [5, 5.41) is 14.5. The average Bonchev–Trinajstić information content (AvgIpc) is 2.47. The molecule has 0 radical (unpaired) electrons. The van der Waals surface area contributed by atoms with E-state index in [-0.39, 0.29) is 16.7 Å². The Bertz CT molecular complexity index is 479. The maximum Gasteiger partial charge on any atom is 0.315 e. The zero-order valence-corrected chi connectivity index (χ0v) is 12.0. The molecule has 1 N–H and O–H groups in total. The molecule has 1 aromatic rings. The SMILES string of the molecule is CCNc1cccc(N2CCOC(CC)C2)c1[N+](=O)[O-]. The van der Waals surface area contributed by atoms with Crippen LogP contribution in [-0.4, -0.2) is 37.3 Å². The van der Waals surface area contributed by atoms with E-state index in [4.69, 9.17) is 4.74 Å². The molecule has 1 fully saturated rings. The van der Waals surface area contributed by atoms with Crippen LogP contribution in [0.3, 0.4) is 0 Å². The van der Waals surface area contributed by atoms with Gasteiger partial charge in [-0.15, -0.1) is 0 Å². The smallest absolute Gasteiger partial charge is 0.315 e. The number of hydrogen-bond acceptors (Lipinski definition) is 5. The Morgan fingerprint density at radius 2 is 2.30 bits per heavy atom. The Morgan fingerprint density at radius 1 is 1.50 bits per heavy atom. The first-order valence-corrected chi connectivity index (χ1v) is 7.05. The molecule has 1 saturated heterocycles. The second kappa shape index (κ2) is 6.56. The summed E-state index contributed by atoms with van der Waals surface area (Å²) >= 11 is 0. The molecular formula is C14H21N3O3. The Labute approximate surface area is 118 Å². The van der Waals surface area contributed by atoms with Crippen molar-refractivity contribution < 1.29 is 9.66 Å². The molecule has 0 spiro atoms. The minimum atomic E-state index is -0.302. The van der Waals surface area contributed by atoms with E-state index in [1.807, 2.05) is 19.1 Å². The maximum absolute atomic E-state index is 11.4. The van der Waals surface area contributed by atoms with Gasteiger partial charge in [-0.25, -0.2) is 0 Å². The van der Waals surface area contributed by atoms with Crippen LogP contribution in [0.2, 0.25) is 0 Å². The van der Waals surface area contributed by atoms with Crippen molar-refractivity contribution in [3.05, 3.63) is 28.3 Å². The number of ether oxygens (including phenoxy) is 1. The van der Waals surface area contributed by atoms with Crippen molar-refractivity contribution in [2.75, 3.05) is 36.5 Å². The number of morpholine rings is 1. The zero-order chi connectivity index (χ0) is 14.5. The van der Waals surface area contributed by atoms with Crippen LogP contribution >= 0.6 is 0 Å². The Morgan fingerprint density at radius 3 is 2.95 bits per heavy atom. The summed E-state index contributed by atoms with van der Waals surface area (Å²) in [5.74, 6) is 0. The van der Waals surface area contributed by atoms with Crippen molar-refractivity contribution >= 4 is 17.1 Å². The third-order valence-corrected chi connectivity index (χ3v) is 3.50. The maximum atomic E-state index is 11.4. The number of anilines is 2. The first-order chi connectivity index (χ1) is 9.67. The molecule has 6 heteroatoms. The topological polar surface area (TPSA) is 67.6 Å². The highest BCUT2D eigenvalue weighted by molar-refractivity contribution is 5.77. The average molecular weight is 279 g/mol. The fraction of sp³-hybridized carbons (Fsp3) is 0.571. The number of nitrogens with one attached hydrogen (secondary N) is 1. The lowest BCUT2D eigenvalue weighted by molar-refractivity contribution is -0.383. The molecule has 0 saturated carbocycles. The van der Waals surface area contributed by atoms with Crippen LogP contribution in [0.4, 0.5) is 17.1 Å². The molecular weight excluding hydrogens is 258 g/mol. The van der Waals surface area contributed by atoms with Crippen LogP contribution < -0.4 is 10.2 Å². The Balaban J connectivity index is 2.34. The van der Waals surface area contributed by atoms with Gasteiger partial charge in [-0.1, -0.05) is 13.0 Å². The van der Waals surface area contributed by atoms with Crippen molar-refractivity contribution in [3.8, 4) is 0 Å². The highest BCUT2D eigenvalue weighted by Crippen LogP contribution is 2.36. The van der Waals surface area contributed by atoms with Crippen LogP contribution in [0.1, 0.15) is 20.3 Å². The van der Waals surface area contributed by atoms with Crippen LogP contribution in [0.15, 0.2) is 18.2 Å². The molecule has 2 rings (SSSR count). The summed E-state index contributed by atoms with van der Waals surface area (Å²) in [7, 11) is 0. The van der Waals surface area contributed by atoms with Gasteiger partial charge < -0.3 is 15.0 Å². The molecule has 1 atom stereocenters. The molecule has 1 aliphatic heterocycles. The molecule has 1 aromatic carbocycles. The van der Waals surface area contributed by atoms with Gasteiger partial charge in [-0.05, 0) is 25.5 Å². The van der Waals surface area contributed by atoms with Gasteiger partial charge in [0.15, 0.2) is 0 Å². The molecule has 0 aromatic heterocycles. The van der Waals surface area contributed by atoms with Crippen LogP contribution in [0.25, 0.3) is 0 Å². The molecule has 0 amide bonds. The van der Waals surface area contributed by atoms with Gasteiger partial charge in [-0.3, -0.25) is 10.1 Å². The van der Waals surface area contributed by atoms with E-state index in [1.165, 1.54) is 0 Å². The summed E-state index contributed by atoms with van der Waals surface area (Å²) in [6.07, 6.45) is 1.06. The highest BCUT2D eigenvalue weighted by atomic mass is 16.6. The molecule has 1 unspecified atom stereocenters. The third kappa shape index (κ3) is 3.01. The van der Waals surface area contributed by atoms with Crippen molar-refractivity contribution in [2.24, 2.45) is 0 Å². The lowest BCUT2D eigenvalue weighted by atomic mass is 10.1. The predicted molar refractivity (Wildman–Crippen MR) is 79.5 cm³/mol. The minimum absolute atomic E-state index is 0.145. The first kappa shape index (κ1) is 14.6. The van der Waals surface area contributed by atoms with Crippen molar-refractivity contribution in [2.45, 2.75) is 26.4 Å². The van der Waals surface area contributed by atoms with Gasteiger partial charge in [0.2, 0.25) is 0 Å². The van der Waals surface area contributed by atoms with Gasteiger partial charge in [0.25, 0.3) is 0 Å². The van der Waals surface area contributed by atoms with Gasteiger partial charge >= 0.3 is 5.69 Å². The summed E-state index contributed by atoms with van der Waals surface area (Å²) in [6, 6.07) is 5.43. The summed E-state index contributed by atoms with van der Waals surface area (Å²) in [4.78, 5) is 13.2. The molecule has 1 heterocycles. The van der Waals surface area contributed by atoms with E-state index >= 15 is 0 Å². The number of hydrogen-bond donors (Lipinski definition) is 1. The van der Waals surface area contributed by atoms with Crippen molar-refractivity contribution in [3.63, 3.8) is 0 Å². The van der Waals surface area contributed by atoms with E-state index in [9.17, 15) is 10.1 Å². The third-order valence-electron chi connectivity index (χ3n) is 3.50. The summed E-state index contributed by atoms with van der Waals surface area (Å²) in [5.41, 5.74) is 1.41. The van der Waals surface area contributed by atoms with E-state index < -0.39 is 0 Å². The van der Waals surface area contributed by atoms with Crippen LogP contribution in [0, 0.1) is 10.1 Å². The minimum Gasteiger partial charge on any atom is -0.380 e. The first-order valence-electron chi connectivity index (χ1n) is 7.05. The van der Waals surface area contributed by atoms with E-state index in [2.05, 4.69) is 17.1 Å². The second-order valence-corrected chi connectivity index (χ2v) is 4.81. The largest absolute Gasteiger partial charge is 0.380 e. The number of para-hydroxylation sites is 1. The number of rotatable bonds is 5. The van der Waals surface area contributed by atoms with Crippen LogP contribution in [-0.2, 0) is 4.74 Å². The Kier molecular flexibility index (Phi) is 4.79.